The molecule has 0 saturated carbocycles. The molecule has 1 atom stereocenters. The third-order valence-electron chi connectivity index (χ3n) is 5.05. The van der Waals surface area contributed by atoms with E-state index in [1.165, 1.54) is 13.2 Å². The maximum atomic E-state index is 13.0. The highest BCUT2D eigenvalue weighted by Gasteiger charge is 2.51. The van der Waals surface area contributed by atoms with Gasteiger partial charge in [0.1, 0.15) is 11.5 Å². The van der Waals surface area contributed by atoms with Gasteiger partial charge in [0, 0.05) is 0 Å². The first-order valence-corrected chi connectivity index (χ1v) is 10.6. The van der Waals surface area contributed by atoms with E-state index in [2.05, 4.69) is 4.18 Å². The lowest BCUT2D eigenvalue weighted by Gasteiger charge is -2.37. The van der Waals surface area contributed by atoms with Crippen LogP contribution in [0.1, 0.15) is 24.5 Å². The zero-order valence-corrected chi connectivity index (χ0v) is 17.3. The van der Waals surface area contributed by atoms with Crippen molar-refractivity contribution in [1.29, 1.82) is 0 Å². The summed E-state index contributed by atoms with van der Waals surface area (Å²) in [6.07, 6.45) is 3.76. The van der Waals surface area contributed by atoms with Gasteiger partial charge >= 0.3 is 15.6 Å². The molecule has 0 spiro atoms. The molecule has 8 heteroatoms. The smallest absolute Gasteiger partial charge is 0.497 e. The number of rotatable bonds is 6. The van der Waals surface area contributed by atoms with Crippen molar-refractivity contribution >= 4 is 15.7 Å². The van der Waals surface area contributed by atoms with E-state index in [1.54, 1.807) is 31.2 Å². The zero-order valence-electron chi connectivity index (χ0n) is 16.4. The van der Waals surface area contributed by atoms with Gasteiger partial charge < -0.3 is 8.92 Å². The van der Waals surface area contributed by atoms with E-state index in [0.29, 0.717) is 11.3 Å². The molecule has 2 aromatic carbocycles. The summed E-state index contributed by atoms with van der Waals surface area (Å²) in [5.74, 6) is 0.392. The highest BCUT2D eigenvalue weighted by molar-refractivity contribution is 7.87. The van der Waals surface area contributed by atoms with Gasteiger partial charge in [0.15, 0.2) is 0 Å². The van der Waals surface area contributed by atoms with Crippen molar-refractivity contribution in [3.8, 4) is 5.75 Å². The van der Waals surface area contributed by atoms with Crippen molar-refractivity contribution < 1.29 is 30.5 Å². The molecular weight excluding hydrogens is 417 g/mol. The van der Waals surface area contributed by atoms with Gasteiger partial charge in [-0.2, -0.15) is 21.6 Å². The van der Waals surface area contributed by atoms with E-state index in [9.17, 15) is 21.6 Å². The van der Waals surface area contributed by atoms with E-state index in [1.807, 2.05) is 36.4 Å². The molecule has 0 aromatic heterocycles. The first-order valence-electron chi connectivity index (χ1n) is 9.17. The largest absolute Gasteiger partial charge is 0.534 e. The van der Waals surface area contributed by atoms with Crippen molar-refractivity contribution in [3.63, 3.8) is 0 Å². The quantitative estimate of drug-likeness (QED) is 0.443. The Morgan fingerprint density at radius 3 is 2.20 bits per heavy atom. The summed E-state index contributed by atoms with van der Waals surface area (Å²) < 4.78 is 72.4. The topological polar surface area (TPSA) is 52.6 Å². The normalized spacial score (nSPS) is 19.6. The summed E-state index contributed by atoms with van der Waals surface area (Å²) in [4.78, 5) is 0. The molecule has 0 amide bonds. The summed E-state index contributed by atoms with van der Waals surface area (Å²) in [7, 11) is -4.26. The Labute approximate surface area is 173 Å². The molecule has 4 nitrogen and oxygen atoms in total. The third kappa shape index (κ3) is 4.38. The number of ether oxygens (including phenoxy) is 1. The lowest BCUT2D eigenvalue weighted by Crippen LogP contribution is -2.33. The highest BCUT2D eigenvalue weighted by atomic mass is 32.2. The summed E-state index contributed by atoms with van der Waals surface area (Å²) in [5.41, 5.74) is -4.38. The molecule has 3 rings (SSSR count). The molecule has 160 valence electrons. The minimum Gasteiger partial charge on any atom is -0.497 e. The Balaban J connectivity index is 2.06. The average molecular weight is 438 g/mol. The molecule has 0 fully saturated rings. The van der Waals surface area contributed by atoms with Gasteiger partial charge in [-0.1, -0.05) is 48.5 Å². The zero-order chi connectivity index (χ0) is 22.0. The SMILES string of the molecule is COc1ccc(C2=CCC=C(OS(=O)(=O)C(F)(F)F)C2(C)Cc2ccccc2)cc1. The minimum absolute atomic E-state index is 0.239. The van der Waals surface area contributed by atoms with E-state index in [0.717, 1.165) is 11.1 Å². The minimum atomic E-state index is -5.79. The molecule has 0 radical (unpaired) electrons. The van der Waals surface area contributed by atoms with Crippen LogP contribution < -0.4 is 4.74 Å². The predicted octanol–water partition coefficient (Wildman–Crippen LogP) is 5.48. The van der Waals surface area contributed by atoms with Crippen molar-refractivity contribution in [3.05, 3.63) is 83.6 Å². The van der Waals surface area contributed by atoms with Crippen LogP contribution in [0.2, 0.25) is 0 Å². The molecule has 0 bridgehead atoms. The lowest BCUT2D eigenvalue weighted by molar-refractivity contribution is -0.0529. The van der Waals surface area contributed by atoms with Crippen molar-refractivity contribution in [1.82, 2.24) is 0 Å². The molecular formula is C22H21F3O4S. The Kier molecular flexibility index (Phi) is 5.99. The molecule has 0 saturated heterocycles. The van der Waals surface area contributed by atoms with Crippen LogP contribution in [0.5, 0.6) is 5.75 Å². The van der Waals surface area contributed by atoms with Crippen LogP contribution in [-0.2, 0) is 20.7 Å². The predicted molar refractivity (Wildman–Crippen MR) is 108 cm³/mol. The number of allylic oxidation sites excluding steroid dienone is 3. The number of methoxy groups -OCH3 is 1. The molecule has 0 N–H and O–H groups in total. The number of halogens is 3. The molecule has 1 aliphatic carbocycles. The fraction of sp³-hybridized carbons (Fsp3) is 0.273. The van der Waals surface area contributed by atoms with E-state index in [4.69, 9.17) is 4.74 Å². The van der Waals surface area contributed by atoms with Crippen LogP contribution in [0, 0.1) is 5.41 Å². The first kappa shape index (κ1) is 22.0. The lowest BCUT2D eigenvalue weighted by atomic mass is 9.70. The number of hydrogen-bond acceptors (Lipinski definition) is 4. The number of hydrogen-bond donors (Lipinski definition) is 0. The second-order valence-corrected chi connectivity index (χ2v) is 8.67. The maximum absolute atomic E-state index is 13.0. The fourth-order valence-electron chi connectivity index (χ4n) is 3.55. The summed E-state index contributed by atoms with van der Waals surface area (Å²) in [5, 5.41) is 0. The second-order valence-electron chi connectivity index (χ2n) is 7.13. The van der Waals surface area contributed by atoms with E-state index < -0.39 is 21.0 Å². The van der Waals surface area contributed by atoms with Crippen molar-refractivity contribution in [2.75, 3.05) is 7.11 Å². The van der Waals surface area contributed by atoms with Crippen LogP contribution >= 0.6 is 0 Å². The number of alkyl halides is 3. The standard InChI is InChI=1S/C22H21F3O4S/c1-21(15-16-7-4-3-5-8-16)19(17-11-13-18(28-2)14-12-17)9-6-10-20(21)29-30(26,27)22(23,24)25/h3-5,7-14H,6,15H2,1-2H3. The van der Waals surface area contributed by atoms with Gasteiger partial charge in [0.2, 0.25) is 0 Å². The highest BCUT2D eigenvalue weighted by Crippen LogP contribution is 2.48. The van der Waals surface area contributed by atoms with E-state index in [-0.39, 0.29) is 18.6 Å². The Bertz CT molecular complexity index is 1060. The van der Waals surface area contributed by atoms with Gasteiger partial charge in [0.25, 0.3) is 0 Å². The third-order valence-corrected chi connectivity index (χ3v) is 6.01. The van der Waals surface area contributed by atoms with E-state index >= 15 is 0 Å². The van der Waals surface area contributed by atoms with Crippen LogP contribution in [0.15, 0.2) is 72.5 Å². The number of benzene rings is 2. The van der Waals surface area contributed by atoms with Gasteiger partial charge in [-0.3, -0.25) is 0 Å². The summed E-state index contributed by atoms with van der Waals surface area (Å²) >= 11 is 0. The van der Waals surface area contributed by atoms with Gasteiger partial charge in [-0.05, 0) is 54.7 Å². The monoisotopic (exact) mass is 438 g/mol. The Morgan fingerprint density at radius 1 is 1.00 bits per heavy atom. The van der Waals surface area contributed by atoms with Crippen LogP contribution in [0.25, 0.3) is 5.57 Å². The molecule has 0 heterocycles. The van der Waals surface area contributed by atoms with Gasteiger partial charge in [0.05, 0.1) is 12.5 Å². The van der Waals surface area contributed by atoms with Gasteiger partial charge in [-0.25, -0.2) is 0 Å². The van der Waals surface area contributed by atoms with Crippen molar-refractivity contribution in [2.45, 2.75) is 25.3 Å². The molecule has 2 aromatic rings. The molecule has 0 aliphatic heterocycles. The molecule has 30 heavy (non-hydrogen) atoms. The molecule has 1 aliphatic rings. The summed E-state index contributed by atoms with van der Waals surface area (Å²) in [6, 6.07) is 16.2. The second kappa shape index (κ2) is 8.18. The van der Waals surface area contributed by atoms with Crippen LogP contribution in [0.4, 0.5) is 13.2 Å². The Morgan fingerprint density at radius 2 is 1.63 bits per heavy atom. The van der Waals surface area contributed by atoms with Gasteiger partial charge in [-0.15, -0.1) is 0 Å². The van der Waals surface area contributed by atoms with Crippen molar-refractivity contribution in [2.24, 2.45) is 5.41 Å². The van der Waals surface area contributed by atoms with Crippen LogP contribution in [-0.4, -0.2) is 21.0 Å². The summed E-state index contributed by atoms with van der Waals surface area (Å²) in [6.45, 7) is 1.69. The average Bonchev–Trinajstić information content (AvgIpc) is 2.69. The Hall–Kier alpha value is -2.74. The van der Waals surface area contributed by atoms with Crippen LogP contribution in [0.3, 0.4) is 0 Å². The first-order chi connectivity index (χ1) is 14.1. The fourth-order valence-corrected chi connectivity index (χ4v) is 4.13. The molecule has 1 unspecified atom stereocenters. The maximum Gasteiger partial charge on any atom is 0.534 e.